The van der Waals surface area contributed by atoms with Crippen LogP contribution in [0.25, 0.3) is 0 Å². The second-order valence-electron chi connectivity index (χ2n) is 3.33. The third-order valence-electron chi connectivity index (χ3n) is 1.87. The fourth-order valence-electron chi connectivity index (χ4n) is 1.11. The van der Waals surface area contributed by atoms with E-state index in [1.165, 1.54) is 0 Å². The lowest BCUT2D eigenvalue weighted by atomic mass is 10.1. The minimum absolute atomic E-state index is 0.0694. The molecule has 0 aromatic carbocycles. The van der Waals surface area contributed by atoms with Gasteiger partial charge in [-0.25, -0.2) is 0 Å². The lowest BCUT2D eigenvalue weighted by Gasteiger charge is -2.13. The van der Waals surface area contributed by atoms with E-state index < -0.39 is 12.0 Å². The molecule has 0 aliphatic carbocycles. The molecule has 6 nitrogen and oxygen atoms in total. The highest BCUT2D eigenvalue weighted by atomic mass is 16.4. The summed E-state index contributed by atoms with van der Waals surface area (Å²) in [5, 5.41) is 18.2. The predicted molar refractivity (Wildman–Crippen MR) is 54.0 cm³/mol. The molecule has 0 spiro atoms. The van der Waals surface area contributed by atoms with Crippen molar-refractivity contribution in [2.75, 3.05) is 0 Å². The fraction of sp³-hybridized carbons (Fsp3) is 0.750. The van der Waals surface area contributed by atoms with Gasteiger partial charge >= 0.3 is 5.97 Å². The molecule has 0 amide bonds. The summed E-state index contributed by atoms with van der Waals surface area (Å²) in [4.78, 5) is 10.4. The Morgan fingerprint density at radius 1 is 1.57 bits per heavy atom. The first kappa shape index (κ1) is 12.7. The van der Waals surface area contributed by atoms with Crippen molar-refractivity contribution < 1.29 is 9.90 Å². The highest BCUT2D eigenvalue weighted by molar-refractivity contribution is 5.74. The molecule has 0 saturated heterocycles. The van der Waals surface area contributed by atoms with E-state index in [4.69, 9.17) is 22.0 Å². The molecule has 6 heteroatoms. The highest BCUT2D eigenvalue weighted by Crippen LogP contribution is 2.02. The average Bonchev–Trinajstić information content (AvgIpc) is 2.02. The van der Waals surface area contributed by atoms with Crippen LogP contribution in [0.3, 0.4) is 0 Å². The van der Waals surface area contributed by atoms with Crippen molar-refractivity contribution in [2.45, 2.75) is 38.3 Å². The van der Waals surface area contributed by atoms with E-state index in [1.807, 2.05) is 6.92 Å². The molecule has 0 fully saturated rings. The predicted octanol–water partition coefficient (Wildman–Crippen LogP) is -0.560. The summed E-state index contributed by atoms with van der Waals surface area (Å²) >= 11 is 0. The number of carboxylic acids is 1. The molecule has 0 rings (SSSR count). The Morgan fingerprint density at radius 3 is 2.57 bits per heavy atom. The van der Waals surface area contributed by atoms with Crippen LogP contribution in [-0.4, -0.2) is 29.1 Å². The molecule has 0 saturated carbocycles. The molecule has 0 aliphatic heterocycles. The van der Waals surface area contributed by atoms with Gasteiger partial charge in [-0.3, -0.25) is 10.2 Å². The maximum atomic E-state index is 10.4. The molecular weight excluding hydrogens is 184 g/mol. The Labute approximate surface area is 83.2 Å². The summed E-state index contributed by atoms with van der Waals surface area (Å²) in [6.45, 7) is 1.88. The van der Waals surface area contributed by atoms with Gasteiger partial charge in [0.25, 0.3) is 0 Å². The largest absolute Gasteiger partial charge is 0.480 e. The maximum absolute atomic E-state index is 10.4. The number of carboxylic acid groups (broad SMARTS) is 1. The summed E-state index contributed by atoms with van der Waals surface area (Å²) in [5.41, 5.74) is 10.4. The van der Waals surface area contributed by atoms with Crippen LogP contribution in [0.4, 0.5) is 0 Å². The van der Waals surface area contributed by atoms with Gasteiger partial charge in [0.2, 0.25) is 0 Å². The fourth-order valence-corrected chi connectivity index (χ4v) is 1.11. The first-order chi connectivity index (χ1) is 6.43. The summed E-state index contributed by atoms with van der Waals surface area (Å²) in [6, 6.07) is -0.715. The van der Waals surface area contributed by atoms with Gasteiger partial charge in [-0.15, -0.1) is 0 Å². The number of hydrogen-bond donors (Lipinski definition) is 5. The zero-order valence-corrected chi connectivity index (χ0v) is 8.29. The highest BCUT2D eigenvalue weighted by Gasteiger charge is 2.11. The van der Waals surface area contributed by atoms with Gasteiger partial charge in [0.1, 0.15) is 6.04 Å². The first-order valence-corrected chi connectivity index (χ1v) is 4.52. The third kappa shape index (κ3) is 6.24. The van der Waals surface area contributed by atoms with E-state index in [2.05, 4.69) is 5.32 Å². The normalized spacial score (nSPS) is 14.4. The molecule has 0 bridgehead atoms. The molecule has 0 aromatic heterocycles. The van der Waals surface area contributed by atoms with Gasteiger partial charge in [-0.05, 0) is 26.2 Å². The zero-order valence-electron chi connectivity index (χ0n) is 8.29. The molecule has 82 valence electrons. The molecule has 0 aliphatic rings. The minimum atomic E-state index is -0.975. The summed E-state index contributed by atoms with van der Waals surface area (Å²) < 4.78 is 0. The first-order valence-electron chi connectivity index (χ1n) is 4.52. The Balaban J connectivity index is 3.53. The monoisotopic (exact) mass is 202 g/mol. The van der Waals surface area contributed by atoms with Crippen molar-refractivity contribution in [2.24, 2.45) is 11.5 Å². The lowest BCUT2D eigenvalue weighted by molar-refractivity contribution is -0.138. The van der Waals surface area contributed by atoms with Gasteiger partial charge in [-0.2, -0.15) is 0 Å². The zero-order chi connectivity index (χ0) is 11.1. The van der Waals surface area contributed by atoms with Crippen LogP contribution in [0, 0.1) is 5.41 Å². The molecule has 0 aromatic rings. The summed E-state index contributed by atoms with van der Waals surface area (Å²) in [7, 11) is 0. The Hall–Kier alpha value is -1.30. The second-order valence-corrected chi connectivity index (χ2v) is 3.33. The van der Waals surface area contributed by atoms with Crippen LogP contribution < -0.4 is 16.8 Å². The number of nitrogens with two attached hydrogens (primary N) is 2. The lowest BCUT2D eigenvalue weighted by Crippen LogP contribution is -2.37. The quantitative estimate of drug-likeness (QED) is 0.291. The van der Waals surface area contributed by atoms with Crippen LogP contribution in [0.2, 0.25) is 0 Å². The van der Waals surface area contributed by atoms with Gasteiger partial charge in [0.15, 0.2) is 5.96 Å². The van der Waals surface area contributed by atoms with E-state index in [1.54, 1.807) is 0 Å². The Bertz CT molecular complexity index is 208. The van der Waals surface area contributed by atoms with E-state index in [0.29, 0.717) is 12.8 Å². The molecule has 2 unspecified atom stereocenters. The van der Waals surface area contributed by atoms with Crippen molar-refractivity contribution in [3.8, 4) is 0 Å². The Kier molecular flexibility index (Phi) is 5.62. The minimum Gasteiger partial charge on any atom is -0.480 e. The molecule has 7 N–H and O–H groups in total. The van der Waals surface area contributed by atoms with Crippen molar-refractivity contribution >= 4 is 11.9 Å². The third-order valence-corrected chi connectivity index (χ3v) is 1.87. The van der Waals surface area contributed by atoms with Gasteiger partial charge < -0.3 is 21.9 Å². The number of nitrogens with one attached hydrogen (secondary N) is 2. The van der Waals surface area contributed by atoms with Crippen molar-refractivity contribution in [3.63, 3.8) is 0 Å². The van der Waals surface area contributed by atoms with Crippen molar-refractivity contribution in [1.82, 2.24) is 5.32 Å². The summed E-state index contributed by atoms with van der Waals surface area (Å²) in [5.74, 6) is -1.04. The number of hydrogen-bond acceptors (Lipinski definition) is 3. The van der Waals surface area contributed by atoms with Crippen LogP contribution in [0.1, 0.15) is 26.2 Å². The number of rotatable bonds is 6. The number of guanidine groups is 1. The molecule has 0 radical (unpaired) electrons. The van der Waals surface area contributed by atoms with E-state index in [9.17, 15) is 4.79 Å². The van der Waals surface area contributed by atoms with Crippen LogP contribution >= 0.6 is 0 Å². The SMILES string of the molecule is CC(CCCC(N)C(=O)O)NC(=N)N. The molecular formula is C8H18N4O2. The molecule has 14 heavy (non-hydrogen) atoms. The average molecular weight is 202 g/mol. The standard InChI is InChI=1S/C8H18N4O2/c1-5(12-8(10)11)3-2-4-6(9)7(13)14/h5-6H,2-4,9H2,1H3,(H,13,14)(H4,10,11,12). The van der Waals surface area contributed by atoms with Crippen molar-refractivity contribution in [3.05, 3.63) is 0 Å². The Morgan fingerprint density at radius 2 is 2.14 bits per heavy atom. The molecule has 2 atom stereocenters. The van der Waals surface area contributed by atoms with E-state index in [-0.39, 0.29) is 12.0 Å². The smallest absolute Gasteiger partial charge is 0.320 e. The van der Waals surface area contributed by atoms with Gasteiger partial charge in [0.05, 0.1) is 0 Å². The topological polar surface area (TPSA) is 125 Å². The number of aliphatic carboxylic acids is 1. The van der Waals surface area contributed by atoms with Gasteiger partial charge in [-0.1, -0.05) is 0 Å². The molecule has 0 heterocycles. The number of carbonyl (C=O) groups is 1. The van der Waals surface area contributed by atoms with E-state index >= 15 is 0 Å². The van der Waals surface area contributed by atoms with Crippen LogP contribution in [0.15, 0.2) is 0 Å². The summed E-state index contributed by atoms with van der Waals surface area (Å²) in [6.07, 6.45) is 1.90. The van der Waals surface area contributed by atoms with Crippen LogP contribution in [0.5, 0.6) is 0 Å². The maximum Gasteiger partial charge on any atom is 0.320 e. The van der Waals surface area contributed by atoms with Crippen molar-refractivity contribution in [1.29, 1.82) is 5.41 Å². The van der Waals surface area contributed by atoms with E-state index in [0.717, 1.165) is 6.42 Å². The second kappa shape index (κ2) is 6.20. The van der Waals surface area contributed by atoms with Crippen LogP contribution in [-0.2, 0) is 4.79 Å². The van der Waals surface area contributed by atoms with Gasteiger partial charge in [0, 0.05) is 6.04 Å².